The van der Waals surface area contributed by atoms with Gasteiger partial charge >= 0.3 is 5.97 Å². The summed E-state index contributed by atoms with van der Waals surface area (Å²) in [6, 6.07) is 5.60. The molecule has 1 atom stereocenters. The zero-order valence-electron chi connectivity index (χ0n) is 10.6. The molecule has 0 amide bonds. The quantitative estimate of drug-likeness (QED) is 0.804. The van der Waals surface area contributed by atoms with Crippen LogP contribution in [0.5, 0.6) is 0 Å². The Bertz CT molecular complexity index is 466. The van der Waals surface area contributed by atoms with E-state index in [9.17, 15) is 4.79 Å². The van der Waals surface area contributed by atoms with Crippen LogP contribution in [0.2, 0.25) is 0 Å². The van der Waals surface area contributed by atoms with Crippen molar-refractivity contribution >= 4 is 11.8 Å². The van der Waals surface area contributed by atoms with E-state index in [1.54, 1.807) is 12.1 Å². The first kappa shape index (κ1) is 14.0. The van der Waals surface area contributed by atoms with E-state index in [-0.39, 0.29) is 12.3 Å². The lowest BCUT2D eigenvalue weighted by Gasteiger charge is -2.13. The second kappa shape index (κ2) is 6.60. The van der Waals surface area contributed by atoms with Crippen LogP contribution < -0.4 is 5.32 Å². The van der Waals surface area contributed by atoms with Crippen molar-refractivity contribution in [3.05, 3.63) is 23.4 Å². The van der Waals surface area contributed by atoms with Crippen LogP contribution >= 0.6 is 0 Å². The molecule has 0 aliphatic heterocycles. The highest BCUT2D eigenvalue weighted by Gasteiger charge is 2.08. The van der Waals surface area contributed by atoms with Gasteiger partial charge in [0.05, 0.1) is 5.56 Å². The average Bonchev–Trinajstić information content (AvgIpc) is 2.34. The number of nitrogens with zero attached hydrogens (tertiary/aromatic N) is 2. The lowest BCUT2D eigenvalue weighted by molar-refractivity contribution is -0.137. The van der Waals surface area contributed by atoms with Gasteiger partial charge in [0.1, 0.15) is 11.9 Å². The Morgan fingerprint density at radius 3 is 2.94 bits per heavy atom. The zero-order chi connectivity index (χ0) is 13.5. The van der Waals surface area contributed by atoms with E-state index in [4.69, 9.17) is 10.4 Å². The largest absolute Gasteiger partial charge is 0.481 e. The minimum atomic E-state index is -0.784. The van der Waals surface area contributed by atoms with E-state index >= 15 is 0 Å². The molecule has 1 heterocycles. The molecule has 0 radical (unpaired) electrons. The lowest BCUT2D eigenvalue weighted by Crippen LogP contribution is -2.14. The number of nitrogens with one attached hydrogen (secondary N) is 1. The summed E-state index contributed by atoms with van der Waals surface area (Å²) in [4.78, 5) is 14.7. The lowest BCUT2D eigenvalue weighted by atomic mass is 10.1. The number of carbonyl (C=O) groups is 1. The molecule has 5 heteroatoms. The monoisotopic (exact) mass is 247 g/mol. The van der Waals surface area contributed by atoms with Crippen molar-refractivity contribution in [1.29, 1.82) is 5.26 Å². The fraction of sp³-hybridized carbons (Fsp3) is 0.462. The van der Waals surface area contributed by atoms with Crippen molar-refractivity contribution in [2.75, 3.05) is 11.9 Å². The van der Waals surface area contributed by atoms with E-state index < -0.39 is 5.97 Å². The number of carboxylic acid groups (broad SMARTS) is 1. The van der Waals surface area contributed by atoms with Crippen molar-refractivity contribution < 1.29 is 9.90 Å². The number of rotatable bonds is 6. The molecular formula is C13H17N3O2. The smallest absolute Gasteiger partial charge is 0.303 e. The molecule has 0 saturated heterocycles. The highest BCUT2D eigenvalue weighted by molar-refractivity contribution is 5.66. The number of aromatic nitrogens is 1. The summed E-state index contributed by atoms with van der Waals surface area (Å²) in [7, 11) is 0. The molecule has 0 aliphatic carbocycles. The topological polar surface area (TPSA) is 86.0 Å². The summed E-state index contributed by atoms with van der Waals surface area (Å²) in [5.74, 6) is 0.00266. The Labute approximate surface area is 106 Å². The molecule has 1 rings (SSSR count). The highest BCUT2D eigenvalue weighted by Crippen LogP contribution is 2.14. The van der Waals surface area contributed by atoms with Gasteiger partial charge in [-0.2, -0.15) is 5.26 Å². The molecule has 0 aromatic carbocycles. The minimum Gasteiger partial charge on any atom is -0.481 e. The third-order valence-corrected chi connectivity index (χ3v) is 2.62. The normalized spacial score (nSPS) is 11.6. The van der Waals surface area contributed by atoms with Crippen molar-refractivity contribution in [1.82, 2.24) is 4.98 Å². The predicted molar refractivity (Wildman–Crippen MR) is 68.2 cm³/mol. The van der Waals surface area contributed by atoms with Crippen LogP contribution in [0.4, 0.5) is 5.82 Å². The molecule has 18 heavy (non-hydrogen) atoms. The molecule has 5 nitrogen and oxygen atoms in total. The number of anilines is 1. The number of aliphatic carboxylic acids is 1. The Morgan fingerprint density at radius 2 is 2.33 bits per heavy atom. The number of pyridine rings is 1. The Balaban J connectivity index is 2.55. The van der Waals surface area contributed by atoms with Crippen molar-refractivity contribution in [2.24, 2.45) is 5.92 Å². The van der Waals surface area contributed by atoms with Gasteiger partial charge in [-0.25, -0.2) is 4.98 Å². The maximum absolute atomic E-state index is 10.4. The van der Waals surface area contributed by atoms with Gasteiger partial charge in [0.25, 0.3) is 0 Å². The van der Waals surface area contributed by atoms with Gasteiger partial charge < -0.3 is 10.4 Å². The second-order valence-electron chi connectivity index (χ2n) is 4.38. The van der Waals surface area contributed by atoms with E-state index in [1.807, 2.05) is 13.8 Å². The fourth-order valence-corrected chi connectivity index (χ4v) is 1.52. The van der Waals surface area contributed by atoms with Gasteiger partial charge in [-0.15, -0.1) is 0 Å². The summed E-state index contributed by atoms with van der Waals surface area (Å²) in [5, 5.41) is 20.6. The van der Waals surface area contributed by atoms with Gasteiger partial charge in [-0.05, 0) is 31.4 Å². The SMILES string of the molecule is Cc1ccc(C#N)c(NCC(C)CCC(=O)O)n1. The number of hydrogen-bond acceptors (Lipinski definition) is 4. The third kappa shape index (κ3) is 4.42. The molecule has 0 bridgehead atoms. The van der Waals surface area contributed by atoms with E-state index in [2.05, 4.69) is 16.4 Å². The Kier molecular flexibility index (Phi) is 5.12. The molecule has 96 valence electrons. The van der Waals surface area contributed by atoms with Crippen LogP contribution in [0.1, 0.15) is 31.0 Å². The molecule has 0 saturated carbocycles. The first-order chi connectivity index (χ1) is 8.52. The first-order valence-electron chi connectivity index (χ1n) is 5.86. The zero-order valence-corrected chi connectivity index (χ0v) is 10.6. The van der Waals surface area contributed by atoms with Crippen LogP contribution in [0, 0.1) is 24.2 Å². The molecule has 0 aliphatic rings. The van der Waals surface area contributed by atoms with Gasteiger partial charge in [-0.1, -0.05) is 6.92 Å². The second-order valence-corrected chi connectivity index (χ2v) is 4.38. The molecular weight excluding hydrogens is 230 g/mol. The summed E-state index contributed by atoms with van der Waals surface area (Å²) in [6.45, 7) is 4.44. The van der Waals surface area contributed by atoms with Crippen molar-refractivity contribution in [2.45, 2.75) is 26.7 Å². The molecule has 0 spiro atoms. The number of carboxylic acids is 1. The number of nitriles is 1. The van der Waals surface area contributed by atoms with Crippen molar-refractivity contribution in [3.8, 4) is 6.07 Å². The molecule has 1 aromatic heterocycles. The Morgan fingerprint density at radius 1 is 1.61 bits per heavy atom. The molecule has 2 N–H and O–H groups in total. The Hall–Kier alpha value is -2.09. The molecule has 1 unspecified atom stereocenters. The predicted octanol–water partition coefficient (Wildman–Crippen LogP) is 2.17. The van der Waals surface area contributed by atoms with Crippen LogP contribution in [0.3, 0.4) is 0 Å². The molecule has 0 fully saturated rings. The van der Waals surface area contributed by atoms with Crippen LogP contribution in [-0.2, 0) is 4.79 Å². The third-order valence-electron chi connectivity index (χ3n) is 2.62. The highest BCUT2D eigenvalue weighted by atomic mass is 16.4. The first-order valence-corrected chi connectivity index (χ1v) is 5.86. The van der Waals surface area contributed by atoms with Crippen LogP contribution in [-0.4, -0.2) is 22.6 Å². The number of hydrogen-bond donors (Lipinski definition) is 2. The average molecular weight is 247 g/mol. The molecule has 1 aromatic rings. The van der Waals surface area contributed by atoms with E-state index in [0.717, 1.165) is 5.69 Å². The summed E-state index contributed by atoms with van der Waals surface area (Å²) < 4.78 is 0. The standard InChI is InChI=1S/C13H17N3O2/c1-9(3-6-12(17)18)8-15-13-11(7-14)5-4-10(2)16-13/h4-5,9H,3,6,8H2,1-2H3,(H,15,16)(H,17,18). The summed E-state index contributed by atoms with van der Waals surface area (Å²) in [5.41, 5.74) is 1.35. The van der Waals surface area contributed by atoms with Crippen LogP contribution in [0.25, 0.3) is 0 Å². The maximum Gasteiger partial charge on any atom is 0.303 e. The summed E-state index contributed by atoms with van der Waals surface area (Å²) in [6.07, 6.45) is 0.769. The summed E-state index contributed by atoms with van der Waals surface area (Å²) >= 11 is 0. The fourth-order valence-electron chi connectivity index (χ4n) is 1.52. The van der Waals surface area contributed by atoms with E-state index in [1.165, 1.54) is 0 Å². The van der Waals surface area contributed by atoms with E-state index in [0.29, 0.717) is 24.3 Å². The van der Waals surface area contributed by atoms with Gasteiger partial charge in [0.2, 0.25) is 0 Å². The van der Waals surface area contributed by atoms with Crippen molar-refractivity contribution in [3.63, 3.8) is 0 Å². The maximum atomic E-state index is 10.4. The number of aryl methyl sites for hydroxylation is 1. The van der Waals surface area contributed by atoms with Gasteiger partial charge in [0, 0.05) is 18.7 Å². The van der Waals surface area contributed by atoms with Crippen LogP contribution in [0.15, 0.2) is 12.1 Å². The van der Waals surface area contributed by atoms with Gasteiger partial charge in [-0.3, -0.25) is 4.79 Å². The minimum absolute atomic E-state index is 0.162. The van der Waals surface area contributed by atoms with Gasteiger partial charge in [0.15, 0.2) is 0 Å².